The molecule has 1 aromatic carbocycles. The van der Waals surface area contributed by atoms with Crippen LogP contribution in [0, 0.1) is 11.6 Å². The third kappa shape index (κ3) is 3.20. The Hall–Kier alpha value is -1.58. The van der Waals surface area contributed by atoms with Gasteiger partial charge in [-0.2, -0.15) is 4.31 Å². The van der Waals surface area contributed by atoms with E-state index in [9.17, 15) is 27.1 Å². The summed E-state index contributed by atoms with van der Waals surface area (Å²) in [6, 6.07) is 0.938. The average Bonchev–Trinajstić information content (AvgIpc) is 2.40. The second kappa shape index (κ2) is 5.66. The molecule has 0 unspecified atom stereocenters. The van der Waals surface area contributed by atoms with Crippen LogP contribution in [0.15, 0.2) is 17.0 Å². The standard InChI is InChI=1S/C12H15F2NO5S/c1-12(2,6-16)15(3)21(19,20)9-5-7(11(17)18)4-8(13)10(9)14/h4-5,16H,6H2,1-3H3,(H,17,18). The molecule has 1 rings (SSSR count). The van der Waals surface area contributed by atoms with E-state index in [4.69, 9.17) is 5.11 Å². The highest BCUT2D eigenvalue weighted by molar-refractivity contribution is 7.89. The van der Waals surface area contributed by atoms with Gasteiger partial charge in [-0.1, -0.05) is 0 Å². The van der Waals surface area contributed by atoms with Crippen LogP contribution in [0.1, 0.15) is 24.2 Å². The summed E-state index contributed by atoms with van der Waals surface area (Å²) in [5, 5.41) is 18.0. The van der Waals surface area contributed by atoms with Crippen LogP contribution in [0.3, 0.4) is 0 Å². The molecule has 118 valence electrons. The summed E-state index contributed by atoms with van der Waals surface area (Å²) in [6.07, 6.45) is 0. The molecule has 0 fully saturated rings. The highest BCUT2D eigenvalue weighted by Crippen LogP contribution is 2.27. The van der Waals surface area contributed by atoms with Crippen molar-refractivity contribution >= 4 is 16.0 Å². The molecular weight excluding hydrogens is 308 g/mol. The molecule has 0 bridgehead atoms. The van der Waals surface area contributed by atoms with E-state index >= 15 is 0 Å². The molecule has 0 amide bonds. The van der Waals surface area contributed by atoms with E-state index in [1.165, 1.54) is 13.8 Å². The highest BCUT2D eigenvalue weighted by atomic mass is 32.2. The third-order valence-electron chi connectivity index (χ3n) is 3.12. The smallest absolute Gasteiger partial charge is 0.335 e. The van der Waals surface area contributed by atoms with Crippen molar-refractivity contribution in [1.29, 1.82) is 0 Å². The number of aliphatic hydroxyl groups is 1. The lowest BCUT2D eigenvalue weighted by Crippen LogP contribution is -2.47. The van der Waals surface area contributed by atoms with Gasteiger partial charge in [-0.05, 0) is 26.0 Å². The van der Waals surface area contributed by atoms with Gasteiger partial charge in [0.05, 0.1) is 17.7 Å². The summed E-state index contributed by atoms with van der Waals surface area (Å²) < 4.78 is 52.4. The number of halogens is 2. The van der Waals surface area contributed by atoms with E-state index in [0.29, 0.717) is 16.4 Å². The van der Waals surface area contributed by atoms with Crippen LogP contribution < -0.4 is 0 Å². The van der Waals surface area contributed by atoms with Gasteiger partial charge in [0.1, 0.15) is 4.90 Å². The predicted molar refractivity (Wildman–Crippen MR) is 69.4 cm³/mol. The molecule has 0 aliphatic heterocycles. The van der Waals surface area contributed by atoms with Gasteiger partial charge in [0, 0.05) is 7.05 Å². The fourth-order valence-corrected chi connectivity index (χ4v) is 3.05. The SMILES string of the molecule is CN(C(C)(C)CO)S(=O)(=O)c1cc(C(=O)O)cc(F)c1F. The number of benzene rings is 1. The van der Waals surface area contributed by atoms with Crippen molar-refractivity contribution in [2.24, 2.45) is 0 Å². The molecule has 9 heteroatoms. The molecule has 21 heavy (non-hydrogen) atoms. The number of aliphatic hydroxyl groups excluding tert-OH is 1. The minimum atomic E-state index is -4.52. The highest BCUT2D eigenvalue weighted by Gasteiger charge is 2.36. The van der Waals surface area contributed by atoms with Gasteiger partial charge in [-0.15, -0.1) is 0 Å². The van der Waals surface area contributed by atoms with Gasteiger partial charge in [0.25, 0.3) is 0 Å². The lowest BCUT2D eigenvalue weighted by Gasteiger charge is -2.32. The number of carbonyl (C=O) groups is 1. The van der Waals surface area contributed by atoms with Crippen molar-refractivity contribution in [3.63, 3.8) is 0 Å². The van der Waals surface area contributed by atoms with Crippen LogP contribution in [0.5, 0.6) is 0 Å². The summed E-state index contributed by atoms with van der Waals surface area (Å²) in [4.78, 5) is 9.74. The minimum Gasteiger partial charge on any atom is -0.478 e. The summed E-state index contributed by atoms with van der Waals surface area (Å²) in [5.74, 6) is -4.83. The Morgan fingerprint density at radius 1 is 1.33 bits per heavy atom. The zero-order chi connectivity index (χ0) is 16.6. The molecule has 0 saturated carbocycles. The Morgan fingerprint density at radius 2 is 1.86 bits per heavy atom. The van der Waals surface area contributed by atoms with Crippen LogP contribution in [-0.4, -0.2) is 48.1 Å². The van der Waals surface area contributed by atoms with E-state index in [1.54, 1.807) is 0 Å². The second-order valence-corrected chi connectivity index (χ2v) is 6.96. The zero-order valence-corrected chi connectivity index (χ0v) is 12.4. The number of carboxylic acid groups (broad SMARTS) is 1. The topological polar surface area (TPSA) is 94.9 Å². The number of carboxylic acids is 1. The monoisotopic (exact) mass is 323 g/mol. The summed E-state index contributed by atoms with van der Waals surface area (Å²) in [5.41, 5.74) is -1.97. The van der Waals surface area contributed by atoms with E-state index in [-0.39, 0.29) is 0 Å². The maximum atomic E-state index is 13.8. The number of nitrogens with zero attached hydrogens (tertiary/aromatic N) is 1. The van der Waals surface area contributed by atoms with Crippen LogP contribution >= 0.6 is 0 Å². The molecule has 0 saturated heterocycles. The number of hydrogen-bond acceptors (Lipinski definition) is 4. The largest absolute Gasteiger partial charge is 0.478 e. The van der Waals surface area contributed by atoms with Crippen LogP contribution in [0.2, 0.25) is 0 Å². The van der Waals surface area contributed by atoms with Crippen molar-refractivity contribution in [2.45, 2.75) is 24.3 Å². The van der Waals surface area contributed by atoms with Crippen molar-refractivity contribution in [1.82, 2.24) is 4.31 Å². The van der Waals surface area contributed by atoms with E-state index < -0.39 is 50.2 Å². The first-order valence-corrected chi connectivity index (χ1v) is 7.21. The molecule has 0 aliphatic carbocycles. The predicted octanol–water partition coefficient (Wildman–Crippen LogP) is 1.05. The van der Waals surface area contributed by atoms with Gasteiger partial charge in [-0.3, -0.25) is 0 Å². The second-order valence-electron chi connectivity index (χ2n) is 5.02. The fourth-order valence-electron chi connectivity index (χ4n) is 1.45. The van der Waals surface area contributed by atoms with Crippen LogP contribution in [0.25, 0.3) is 0 Å². The minimum absolute atomic E-state index is 0.397. The van der Waals surface area contributed by atoms with Crippen molar-refractivity contribution < 1.29 is 32.2 Å². The number of hydrogen-bond donors (Lipinski definition) is 2. The number of rotatable bonds is 5. The first-order valence-electron chi connectivity index (χ1n) is 5.77. The number of sulfonamides is 1. The first-order chi connectivity index (χ1) is 9.45. The third-order valence-corrected chi connectivity index (χ3v) is 5.19. The summed E-state index contributed by atoms with van der Waals surface area (Å²) >= 11 is 0. The molecule has 2 N–H and O–H groups in total. The Kier molecular flexibility index (Phi) is 4.71. The summed E-state index contributed by atoms with van der Waals surface area (Å²) in [6.45, 7) is 2.19. The lowest BCUT2D eigenvalue weighted by atomic mass is 10.1. The van der Waals surface area contributed by atoms with E-state index in [2.05, 4.69) is 0 Å². The average molecular weight is 323 g/mol. The van der Waals surface area contributed by atoms with E-state index in [0.717, 1.165) is 7.05 Å². The Morgan fingerprint density at radius 3 is 2.29 bits per heavy atom. The van der Waals surface area contributed by atoms with Gasteiger partial charge < -0.3 is 10.2 Å². The molecule has 1 aromatic rings. The van der Waals surface area contributed by atoms with E-state index in [1.807, 2.05) is 0 Å². The quantitative estimate of drug-likeness (QED) is 0.845. The van der Waals surface area contributed by atoms with Crippen molar-refractivity contribution in [2.75, 3.05) is 13.7 Å². The van der Waals surface area contributed by atoms with Gasteiger partial charge >= 0.3 is 5.97 Å². The first kappa shape index (κ1) is 17.5. The maximum absolute atomic E-state index is 13.8. The molecular formula is C12H15F2NO5S. The Labute approximate surface area is 120 Å². The van der Waals surface area contributed by atoms with Gasteiger partial charge in [-0.25, -0.2) is 22.0 Å². The molecule has 0 atom stereocenters. The molecule has 0 aliphatic rings. The van der Waals surface area contributed by atoms with Crippen LogP contribution in [-0.2, 0) is 10.0 Å². The van der Waals surface area contributed by atoms with Gasteiger partial charge in [0.15, 0.2) is 11.6 Å². The molecule has 0 spiro atoms. The Balaban J connectivity index is 3.55. The zero-order valence-electron chi connectivity index (χ0n) is 11.6. The normalized spacial score (nSPS) is 12.7. The lowest BCUT2D eigenvalue weighted by molar-refractivity contribution is 0.0696. The van der Waals surface area contributed by atoms with Gasteiger partial charge in [0.2, 0.25) is 10.0 Å². The Bertz CT molecular complexity index is 672. The van der Waals surface area contributed by atoms with Crippen molar-refractivity contribution in [3.8, 4) is 0 Å². The molecule has 6 nitrogen and oxygen atoms in total. The number of aromatic carboxylic acids is 1. The van der Waals surface area contributed by atoms with Crippen molar-refractivity contribution in [3.05, 3.63) is 29.3 Å². The molecule has 0 aromatic heterocycles. The summed E-state index contributed by atoms with van der Waals surface area (Å²) in [7, 11) is -3.44. The number of likely N-dealkylation sites (N-methyl/N-ethyl adjacent to an activating group) is 1. The fraction of sp³-hybridized carbons (Fsp3) is 0.417. The maximum Gasteiger partial charge on any atom is 0.335 e. The molecule has 0 heterocycles. The molecule has 0 radical (unpaired) electrons. The van der Waals surface area contributed by atoms with Crippen LogP contribution in [0.4, 0.5) is 8.78 Å².